The molecule has 0 amide bonds. The first kappa shape index (κ1) is 12.1. The standard InChI is InChI=1S/C10H14ClN3S/c1-2-7-12-10(15)14-13-9-5-3-8(11)4-6-9/h3-6,13H,2,7H2,1H3,(H2,12,14,15). The van der Waals surface area contributed by atoms with Crippen LogP contribution in [-0.2, 0) is 0 Å². The van der Waals surface area contributed by atoms with Crippen molar-refractivity contribution in [1.29, 1.82) is 0 Å². The highest BCUT2D eigenvalue weighted by atomic mass is 35.5. The van der Waals surface area contributed by atoms with E-state index in [1.165, 1.54) is 0 Å². The van der Waals surface area contributed by atoms with Crippen LogP contribution < -0.4 is 16.2 Å². The number of hydrogen-bond acceptors (Lipinski definition) is 2. The third-order valence-electron chi connectivity index (χ3n) is 1.70. The molecule has 0 atom stereocenters. The molecule has 0 radical (unpaired) electrons. The van der Waals surface area contributed by atoms with Crippen molar-refractivity contribution in [3.8, 4) is 0 Å². The smallest absolute Gasteiger partial charge is 0.185 e. The molecule has 3 N–H and O–H groups in total. The van der Waals surface area contributed by atoms with E-state index in [0.29, 0.717) is 10.1 Å². The summed E-state index contributed by atoms with van der Waals surface area (Å²) in [6.07, 6.45) is 1.04. The van der Waals surface area contributed by atoms with Gasteiger partial charge in [-0.3, -0.25) is 10.9 Å². The zero-order chi connectivity index (χ0) is 11.1. The van der Waals surface area contributed by atoms with Gasteiger partial charge < -0.3 is 5.32 Å². The first-order valence-electron chi connectivity index (χ1n) is 4.78. The van der Waals surface area contributed by atoms with Crippen molar-refractivity contribution in [1.82, 2.24) is 10.7 Å². The van der Waals surface area contributed by atoms with E-state index in [1.807, 2.05) is 24.3 Å². The van der Waals surface area contributed by atoms with Crippen molar-refractivity contribution >= 4 is 34.6 Å². The van der Waals surface area contributed by atoms with Crippen molar-refractivity contribution in [2.24, 2.45) is 0 Å². The minimum absolute atomic E-state index is 0.590. The highest BCUT2D eigenvalue weighted by Gasteiger charge is 1.94. The van der Waals surface area contributed by atoms with Gasteiger partial charge in [0.15, 0.2) is 5.11 Å². The first-order valence-corrected chi connectivity index (χ1v) is 5.56. The van der Waals surface area contributed by atoms with Crippen LogP contribution in [0.5, 0.6) is 0 Å². The highest BCUT2D eigenvalue weighted by Crippen LogP contribution is 2.12. The van der Waals surface area contributed by atoms with E-state index < -0.39 is 0 Å². The van der Waals surface area contributed by atoms with Gasteiger partial charge in [0.1, 0.15) is 0 Å². The van der Waals surface area contributed by atoms with Gasteiger partial charge in [-0.15, -0.1) is 0 Å². The Morgan fingerprint density at radius 2 is 2.00 bits per heavy atom. The third kappa shape index (κ3) is 4.85. The van der Waals surface area contributed by atoms with E-state index >= 15 is 0 Å². The van der Waals surface area contributed by atoms with Gasteiger partial charge in [-0.1, -0.05) is 18.5 Å². The second kappa shape index (κ2) is 6.48. The molecule has 1 aromatic carbocycles. The third-order valence-corrected chi connectivity index (χ3v) is 2.20. The van der Waals surface area contributed by atoms with Gasteiger partial charge in [-0.2, -0.15) is 0 Å². The molecule has 0 heterocycles. The van der Waals surface area contributed by atoms with Crippen molar-refractivity contribution in [2.45, 2.75) is 13.3 Å². The number of anilines is 1. The molecular weight excluding hydrogens is 230 g/mol. The average Bonchev–Trinajstić information content (AvgIpc) is 2.25. The Kier molecular flexibility index (Phi) is 5.21. The quantitative estimate of drug-likeness (QED) is 0.561. The van der Waals surface area contributed by atoms with Gasteiger partial charge in [0.25, 0.3) is 0 Å². The Balaban J connectivity index is 2.30. The fourth-order valence-corrected chi connectivity index (χ4v) is 1.22. The number of nitrogens with one attached hydrogen (secondary N) is 3. The van der Waals surface area contributed by atoms with E-state index in [2.05, 4.69) is 23.1 Å². The average molecular weight is 244 g/mol. The molecule has 82 valence electrons. The molecule has 15 heavy (non-hydrogen) atoms. The maximum Gasteiger partial charge on any atom is 0.185 e. The summed E-state index contributed by atoms with van der Waals surface area (Å²) in [7, 11) is 0. The summed E-state index contributed by atoms with van der Waals surface area (Å²) in [5.41, 5.74) is 6.77. The number of halogens is 1. The monoisotopic (exact) mass is 243 g/mol. The number of thiocarbonyl (C=S) groups is 1. The van der Waals surface area contributed by atoms with E-state index in [4.69, 9.17) is 23.8 Å². The number of benzene rings is 1. The lowest BCUT2D eigenvalue weighted by Gasteiger charge is -2.11. The van der Waals surface area contributed by atoms with Crippen LogP contribution in [0.2, 0.25) is 5.02 Å². The van der Waals surface area contributed by atoms with Gasteiger partial charge in [0, 0.05) is 11.6 Å². The van der Waals surface area contributed by atoms with Crippen molar-refractivity contribution in [3.05, 3.63) is 29.3 Å². The number of hydrazine groups is 1. The van der Waals surface area contributed by atoms with Gasteiger partial charge in [0.2, 0.25) is 0 Å². The maximum absolute atomic E-state index is 5.76. The molecule has 0 aromatic heterocycles. The molecule has 0 saturated carbocycles. The minimum Gasteiger partial charge on any atom is -0.361 e. The molecule has 0 aliphatic heterocycles. The Morgan fingerprint density at radius 1 is 1.33 bits per heavy atom. The van der Waals surface area contributed by atoms with Crippen LogP contribution in [0.1, 0.15) is 13.3 Å². The highest BCUT2D eigenvalue weighted by molar-refractivity contribution is 7.80. The van der Waals surface area contributed by atoms with E-state index in [1.54, 1.807) is 0 Å². The Labute approximate surface area is 100 Å². The number of rotatable bonds is 4. The van der Waals surface area contributed by atoms with Gasteiger partial charge >= 0.3 is 0 Å². The fraction of sp³-hybridized carbons (Fsp3) is 0.300. The van der Waals surface area contributed by atoms with E-state index in [0.717, 1.165) is 18.7 Å². The zero-order valence-corrected chi connectivity index (χ0v) is 10.1. The first-order chi connectivity index (χ1) is 7.22. The lowest BCUT2D eigenvalue weighted by Crippen LogP contribution is -2.38. The summed E-state index contributed by atoms with van der Waals surface area (Å²) in [4.78, 5) is 0. The number of hydrogen-bond donors (Lipinski definition) is 3. The van der Waals surface area contributed by atoms with Gasteiger partial charge in [-0.05, 0) is 42.9 Å². The Morgan fingerprint density at radius 3 is 2.60 bits per heavy atom. The van der Waals surface area contributed by atoms with Crippen molar-refractivity contribution < 1.29 is 0 Å². The molecule has 0 bridgehead atoms. The molecule has 1 aromatic rings. The molecule has 1 rings (SSSR count). The summed E-state index contributed by atoms with van der Waals surface area (Å²) in [5.74, 6) is 0. The molecule has 0 aliphatic rings. The predicted octanol–water partition coefficient (Wildman–Crippen LogP) is 2.54. The Bertz CT molecular complexity index is 313. The maximum atomic E-state index is 5.76. The molecule has 0 saturated heterocycles. The summed E-state index contributed by atoms with van der Waals surface area (Å²) < 4.78 is 0. The second-order valence-electron chi connectivity index (χ2n) is 3.01. The molecular formula is C10H14ClN3S. The van der Waals surface area contributed by atoms with Crippen LogP contribution in [0, 0.1) is 0 Å². The molecule has 0 fully saturated rings. The molecule has 0 spiro atoms. The van der Waals surface area contributed by atoms with Crippen LogP contribution in [0.25, 0.3) is 0 Å². The van der Waals surface area contributed by atoms with E-state index in [-0.39, 0.29) is 0 Å². The molecule has 0 unspecified atom stereocenters. The SMILES string of the molecule is CCCNC(=S)NNc1ccc(Cl)cc1. The summed E-state index contributed by atoms with van der Waals surface area (Å²) in [6.45, 7) is 2.95. The van der Waals surface area contributed by atoms with E-state index in [9.17, 15) is 0 Å². The van der Waals surface area contributed by atoms with Crippen LogP contribution in [0.3, 0.4) is 0 Å². The Hall–Kier alpha value is -1.00. The lowest BCUT2D eigenvalue weighted by atomic mass is 10.3. The van der Waals surface area contributed by atoms with Gasteiger partial charge in [-0.25, -0.2) is 0 Å². The molecule has 0 aliphatic carbocycles. The van der Waals surface area contributed by atoms with Crippen molar-refractivity contribution in [3.63, 3.8) is 0 Å². The van der Waals surface area contributed by atoms with Crippen LogP contribution >= 0.6 is 23.8 Å². The topological polar surface area (TPSA) is 36.1 Å². The predicted molar refractivity (Wildman–Crippen MR) is 69.1 cm³/mol. The normalized spacial score (nSPS) is 9.47. The van der Waals surface area contributed by atoms with Crippen LogP contribution in [0.15, 0.2) is 24.3 Å². The summed E-state index contributed by atoms with van der Waals surface area (Å²) >= 11 is 10.8. The fourth-order valence-electron chi connectivity index (χ4n) is 0.945. The summed E-state index contributed by atoms with van der Waals surface area (Å²) in [6, 6.07) is 7.37. The van der Waals surface area contributed by atoms with Gasteiger partial charge in [0.05, 0.1) is 5.69 Å². The molecule has 3 nitrogen and oxygen atoms in total. The van der Waals surface area contributed by atoms with Crippen molar-refractivity contribution in [2.75, 3.05) is 12.0 Å². The zero-order valence-electron chi connectivity index (χ0n) is 8.51. The van der Waals surface area contributed by atoms with Crippen LogP contribution in [0.4, 0.5) is 5.69 Å². The second-order valence-corrected chi connectivity index (χ2v) is 3.86. The largest absolute Gasteiger partial charge is 0.361 e. The molecule has 5 heteroatoms. The summed E-state index contributed by atoms with van der Waals surface area (Å²) in [5, 5.41) is 4.35. The minimum atomic E-state index is 0.590. The lowest BCUT2D eigenvalue weighted by molar-refractivity contribution is 0.826. The van der Waals surface area contributed by atoms with Crippen LogP contribution in [-0.4, -0.2) is 11.7 Å².